The Morgan fingerprint density at radius 3 is 2.09 bits per heavy atom. The van der Waals surface area contributed by atoms with E-state index in [4.69, 9.17) is 0 Å². The summed E-state index contributed by atoms with van der Waals surface area (Å²) in [7, 11) is 0. The van der Waals surface area contributed by atoms with E-state index < -0.39 is 17.2 Å². The molecule has 0 aliphatic rings. The summed E-state index contributed by atoms with van der Waals surface area (Å²) < 4.78 is 0. The lowest BCUT2D eigenvalue weighted by atomic mass is 10.1. The second kappa shape index (κ2) is 6.73. The maximum absolute atomic E-state index is 12.0. The van der Waals surface area contributed by atoms with Gasteiger partial charge in [-0.15, -0.1) is 0 Å². The predicted molar refractivity (Wildman–Crippen MR) is 85.5 cm³/mol. The average Bonchev–Trinajstić information content (AvgIpc) is 2.44. The fourth-order valence-corrected chi connectivity index (χ4v) is 2.04. The van der Waals surface area contributed by atoms with Gasteiger partial charge < -0.3 is 15.6 Å². The normalized spacial score (nSPS) is 10.2. The molecule has 0 radical (unpaired) electrons. The lowest BCUT2D eigenvalue weighted by molar-refractivity contribution is -0.116. The quantitative estimate of drug-likeness (QED) is 0.656. The average molecular weight is 316 g/mol. The summed E-state index contributed by atoms with van der Waals surface area (Å²) in [5.74, 6) is -0.576. The summed E-state index contributed by atoms with van der Waals surface area (Å²) in [4.78, 5) is 50.3. The maximum Gasteiger partial charge on any atom is 0.325 e. The number of aryl methyl sites for hydroxylation is 1. The molecule has 120 valence electrons. The number of hydrogen-bond acceptors (Lipinski definition) is 4. The molecule has 2 aromatic rings. The molecule has 23 heavy (non-hydrogen) atoms. The number of carbonyl (C=O) groups is 2. The number of benzene rings is 1. The molecule has 0 fully saturated rings. The fraction of sp³-hybridized carbons (Fsp3) is 0.200. The molecule has 0 bridgehead atoms. The van der Waals surface area contributed by atoms with Gasteiger partial charge in [0.1, 0.15) is 0 Å². The zero-order valence-corrected chi connectivity index (χ0v) is 12.6. The van der Waals surface area contributed by atoms with Gasteiger partial charge in [0, 0.05) is 29.6 Å². The molecule has 8 heteroatoms. The van der Waals surface area contributed by atoms with Crippen molar-refractivity contribution >= 4 is 23.2 Å². The number of rotatable bonds is 4. The third-order valence-corrected chi connectivity index (χ3v) is 3.08. The molecule has 2 rings (SSSR count). The number of aromatic amines is 2. The highest BCUT2D eigenvalue weighted by atomic mass is 16.2. The van der Waals surface area contributed by atoms with Gasteiger partial charge in [-0.05, 0) is 31.2 Å². The van der Waals surface area contributed by atoms with E-state index in [1.165, 1.54) is 6.92 Å². The smallest absolute Gasteiger partial charge is 0.325 e. The summed E-state index contributed by atoms with van der Waals surface area (Å²) in [5.41, 5.74) is 0.519. The third-order valence-electron chi connectivity index (χ3n) is 3.08. The molecule has 0 saturated carbocycles. The molecule has 0 spiro atoms. The van der Waals surface area contributed by atoms with E-state index >= 15 is 0 Å². The van der Waals surface area contributed by atoms with E-state index in [2.05, 4.69) is 20.6 Å². The van der Waals surface area contributed by atoms with E-state index in [1.54, 1.807) is 31.2 Å². The van der Waals surface area contributed by atoms with E-state index in [0.29, 0.717) is 17.1 Å². The second-order valence-electron chi connectivity index (χ2n) is 5.00. The Morgan fingerprint density at radius 1 is 1.00 bits per heavy atom. The van der Waals surface area contributed by atoms with Crippen molar-refractivity contribution in [3.05, 3.63) is 56.4 Å². The van der Waals surface area contributed by atoms with Crippen LogP contribution in [0.25, 0.3) is 0 Å². The number of H-pyrrole nitrogens is 2. The standard InChI is InChI=1S/C15H16N4O4/c1-8-12(14(22)19-15(23)16-8)7-13(21)18-11-5-3-10(4-6-11)17-9(2)20/h3-6H,7H2,1-2H3,(H,17,20)(H,18,21)(H2,16,19,22,23). The molecule has 2 amide bonds. The molecule has 8 nitrogen and oxygen atoms in total. The maximum atomic E-state index is 12.0. The third kappa shape index (κ3) is 4.40. The second-order valence-corrected chi connectivity index (χ2v) is 5.00. The van der Waals surface area contributed by atoms with Gasteiger partial charge in [-0.3, -0.25) is 19.4 Å². The summed E-state index contributed by atoms with van der Waals surface area (Å²) in [6, 6.07) is 6.56. The zero-order chi connectivity index (χ0) is 17.0. The lowest BCUT2D eigenvalue weighted by Crippen LogP contribution is -2.29. The molecule has 1 aromatic carbocycles. The number of aromatic nitrogens is 2. The molecule has 4 N–H and O–H groups in total. The first kappa shape index (κ1) is 16.2. The first-order valence-electron chi connectivity index (χ1n) is 6.84. The Balaban J connectivity index is 2.07. The topological polar surface area (TPSA) is 124 Å². The van der Waals surface area contributed by atoms with Crippen molar-refractivity contribution in [1.29, 1.82) is 0 Å². The van der Waals surface area contributed by atoms with Gasteiger partial charge >= 0.3 is 5.69 Å². The number of nitrogens with one attached hydrogen (secondary N) is 4. The fourth-order valence-electron chi connectivity index (χ4n) is 2.04. The molecule has 1 heterocycles. The summed E-state index contributed by atoms with van der Waals surface area (Å²) in [6.45, 7) is 2.96. The molecule has 0 saturated heterocycles. The molecular weight excluding hydrogens is 300 g/mol. The summed E-state index contributed by atoms with van der Waals surface area (Å²) in [5, 5.41) is 5.26. The van der Waals surface area contributed by atoms with Gasteiger partial charge in [-0.1, -0.05) is 0 Å². The Hall–Kier alpha value is -3.16. The van der Waals surface area contributed by atoms with Crippen LogP contribution in [0.1, 0.15) is 18.2 Å². The highest BCUT2D eigenvalue weighted by Gasteiger charge is 2.11. The van der Waals surface area contributed by atoms with E-state index in [9.17, 15) is 19.2 Å². The lowest BCUT2D eigenvalue weighted by Gasteiger charge is -2.08. The van der Waals surface area contributed by atoms with Crippen LogP contribution in [0.5, 0.6) is 0 Å². The largest absolute Gasteiger partial charge is 0.326 e. The summed E-state index contributed by atoms with van der Waals surface area (Å²) in [6.07, 6.45) is -0.161. The van der Waals surface area contributed by atoms with Crippen LogP contribution in [-0.2, 0) is 16.0 Å². The Bertz CT molecular complexity index is 849. The predicted octanol–water partition coefficient (Wildman–Crippen LogP) is 0.511. The summed E-state index contributed by atoms with van der Waals surface area (Å²) >= 11 is 0. The minimum absolute atomic E-state index is 0.161. The van der Waals surface area contributed by atoms with E-state index in [-0.39, 0.29) is 17.9 Å². The van der Waals surface area contributed by atoms with Crippen molar-refractivity contribution in [1.82, 2.24) is 9.97 Å². The van der Waals surface area contributed by atoms with Crippen LogP contribution in [0.15, 0.2) is 33.9 Å². The Morgan fingerprint density at radius 2 is 1.57 bits per heavy atom. The van der Waals surface area contributed by atoms with Crippen LogP contribution in [0.3, 0.4) is 0 Å². The van der Waals surface area contributed by atoms with E-state index in [0.717, 1.165) is 0 Å². The minimum atomic E-state index is -0.606. The SMILES string of the molecule is CC(=O)Nc1ccc(NC(=O)Cc2c(C)[nH]c(=O)[nH]c2=O)cc1. The number of amides is 2. The van der Waals surface area contributed by atoms with Gasteiger partial charge in [0.25, 0.3) is 5.56 Å². The Labute approximate surface area is 130 Å². The van der Waals surface area contributed by atoms with Crippen LogP contribution < -0.4 is 21.9 Å². The zero-order valence-electron chi connectivity index (χ0n) is 12.6. The van der Waals surface area contributed by atoms with Crippen LogP contribution in [0, 0.1) is 6.92 Å². The number of anilines is 2. The van der Waals surface area contributed by atoms with Gasteiger partial charge in [-0.2, -0.15) is 0 Å². The highest BCUT2D eigenvalue weighted by Crippen LogP contribution is 2.13. The minimum Gasteiger partial charge on any atom is -0.326 e. The molecule has 0 aliphatic heterocycles. The molecule has 1 aromatic heterocycles. The van der Waals surface area contributed by atoms with Crippen molar-refractivity contribution in [2.75, 3.05) is 10.6 Å². The first-order chi connectivity index (χ1) is 10.8. The van der Waals surface area contributed by atoms with Crippen LogP contribution in [-0.4, -0.2) is 21.8 Å². The molecular formula is C15H16N4O4. The highest BCUT2D eigenvalue weighted by molar-refractivity contribution is 5.93. The molecule has 0 atom stereocenters. The van der Waals surface area contributed by atoms with Crippen LogP contribution in [0.4, 0.5) is 11.4 Å². The van der Waals surface area contributed by atoms with Crippen molar-refractivity contribution < 1.29 is 9.59 Å². The van der Waals surface area contributed by atoms with Gasteiger partial charge in [-0.25, -0.2) is 4.79 Å². The number of hydrogen-bond donors (Lipinski definition) is 4. The molecule has 0 aliphatic carbocycles. The monoisotopic (exact) mass is 316 g/mol. The van der Waals surface area contributed by atoms with Crippen molar-refractivity contribution in [2.24, 2.45) is 0 Å². The molecule has 0 unspecified atom stereocenters. The van der Waals surface area contributed by atoms with Crippen LogP contribution in [0.2, 0.25) is 0 Å². The van der Waals surface area contributed by atoms with Crippen molar-refractivity contribution in [2.45, 2.75) is 20.3 Å². The first-order valence-corrected chi connectivity index (χ1v) is 6.84. The van der Waals surface area contributed by atoms with E-state index in [1.807, 2.05) is 0 Å². The van der Waals surface area contributed by atoms with Crippen molar-refractivity contribution in [3.8, 4) is 0 Å². The van der Waals surface area contributed by atoms with Gasteiger partial charge in [0.05, 0.1) is 6.42 Å². The van der Waals surface area contributed by atoms with Gasteiger partial charge in [0.2, 0.25) is 11.8 Å². The van der Waals surface area contributed by atoms with Gasteiger partial charge in [0.15, 0.2) is 0 Å². The van der Waals surface area contributed by atoms with Crippen molar-refractivity contribution in [3.63, 3.8) is 0 Å². The number of carbonyl (C=O) groups excluding carboxylic acids is 2. The van der Waals surface area contributed by atoms with Crippen LogP contribution >= 0.6 is 0 Å². The Kier molecular flexibility index (Phi) is 4.75.